The first-order chi connectivity index (χ1) is 4.47. The van der Waals surface area contributed by atoms with Crippen LogP contribution in [0.4, 0.5) is 0 Å². The van der Waals surface area contributed by atoms with Crippen LogP contribution in [-0.2, 0) is 13.6 Å². The first-order valence-electron chi connectivity index (χ1n) is 2.57. The first-order valence-corrected chi connectivity index (χ1v) is 3.38. The smallest absolute Gasteiger partial charge is 0.506 e. The van der Waals surface area contributed by atoms with E-state index in [0.29, 0.717) is 6.61 Å². The molecule has 2 aliphatic rings. The SMILES string of the molecule is C1=CC2=C(CO1)O[Si]O2. The minimum Gasteiger partial charge on any atom is -0.506 e. The summed E-state index contributed by atoms with van der Waals surface area (Å²) in [6, 6.07) is 0. The van der Waals surface area contributed by atoms with E-state index in [-0.39, 0.29) is 10.0 Å². The summed E-state index contributed by atoms with van der Waals surface area (Å²) in [7, 11) is 0.118. The summed E-state index contributed by atoms with van der Waals surface area (Å²) in [6.07, 6.45) is 3.37. The molecule has 0 saturated heterocycles. The van der Waals surface area contributed by atoms with Gasteiger partial charge in [-0.15, -0.1) is 0 Å². The molecule has 0 aromatic carbocycles. The highest BCUT2D eigenvalue weighted by Gasteiger charge is 2.20. The van der Waals surface area contributed by atoms with Crippen LogP contribution >= 0.6 is 0 Å². The van der Waals surface area contributed by atoms with Crippen molar-refractivity contribution in [3.05, 3.63) is 23.9 Å². The molecule has 2 aliphatic heterocycles. The van der Waals surface area contributed by atoms with Gasteiger partial charge in [-0.25, -0.2) is 0 Å². The molecule has 46 valence electrons. The van der Waals surface area contributed by atoms with Gasteiger partial charge in [0.05, 0.1) is 6.26 Å². The highest BCUT2D eigenvalue weighted by Crippen LogP contribution is 2.19. The lowest BCUT2D eigenvalue weighted by Crippen LogP contribution is -1.99. The Morgan fingerprint density at radius 3 is 3.33 bits per heavy atom. The summed E-state index contributed by atoms with van der Waals surface area (Å²) in [5.41, 5.74) is 0. The van der Waals surface area contributed by atoms with E-state index in [0.717, 1.165) is 11.5 Å². The largest absolute Gasteiger partial charge is 0.610 e. The zero-order valence-electron chi connectivity index (χ0n) is 4.59. The molecule has 0 aliphatic carbocycles. The van der Waals surface area contributed by atoms with E-state index in [4.69, 9.17) is 13.6 Å². The van der Waals surface area contributed by atoms with Gasteiger partial charge in [0.25, 0.3) is 0 Å². The zero-order chi connectivity index (χ0) is 6.10. The summed E-state index contributed by atoms with van der Waals surface area (Å²) >= 11 is 0. The van der Waals surface area contributed by atoms with Crippen molar-refractivity contribution < 1.29 is 13.6 Å². The van der Waals surface area contributed by atoms with Crippen LogP contribution in [0.15, 0.2) is 23.9 Å². The standard InChI is InChI=1S/C5H4O3Si/c1-2-6-3-5-4(1)7-9-8-5/h1-2H,3H2. The summed E-state index contributed by atoms with van der Waals surface area (Å²) in [5, 5.41) is 0. The molecule has 0 saturated carbocycles. The van der Waals surface area contributed by atoms with Gasteiger partial charge in [-0.05, 0) is 0 Å². The Morgan fingerprint density at radius 1 is 1.44 bits per heavy atom. The first kappa shape index (κ1) is 4.93. The van der Waals surface area contributed by atoms with E-state index in [2.05, 4.69) is 0 Å². The average molecular weight is 140 g/mol. The third kappa shape index (κ3) is 0.712. The second-order valence-corrected chi connectivity index (χ2v) is 2.26. The van der Waals surface area contributed by atoms with Crippen molar-refractivity contribution in [2.24, 2.45) is 0 Å². The second-order valence-electron chi connectivity index (χ2n) is 1.69. The predicted octanol–water partition coefficient (Wildman–Crippen LogP) is 0.323. The highest BCUT2D eigenvalue weighted by atomic mass is 28.3. The van der Waals surface area contributed by atoms with Crippen molar-refractivity contribution >= 4 is 10.0 Å². The highest BCUT2D eigenvalue weighted by molar-refractivity contribution is 6.20. The van der Waals surface area contributed by atoms with Gasteiger partial charge in [0.2, 0.25) is 0 Å². The summed E-state index contributed by atoms with van der Waals surface area (Å²) in [4.78, 5) is 0. The number of hydrogen-bond donors (Lipinski definition) is 0. The van der Waals surface area contributed by atoms with Crippen LogP contribution in [0.2, 0.25) is 0 Å². The Labute approximate surface area is 55.0 Å². The summed E-state index contributed by atoms with van der Waals surface area (Å²) < 4.78 is 15.1. The van der Waals surface area contributed by atoms with Gasteiger partial charge in [0, 0.05) is 6.08 Å². The maximum atomic E-state index is 5.08. The van der Waals surface area contributed by atoms with Gasteiger partial charge in [-0.2, -0.15) is 0 Å². The van der Waals surface area contributed by atoms with Crippen molar-refractivity contribution in [2.75, 3.05) is 6.61 Å². The fourth-order valence-corrected chi connectivity index (χ4v) is 1.26. The fraction of sp³-hybridized carbons (Fsp3) is 0.200. The molecule has 0 amide bonds. The molecule has 4 heteroatoms. The lowest BCUT2D eigenvalue weighted by Gasteiger charge is -2.05. The fourth-order valence-electron chi connectivity index (χ4n) is 0.685. The molecule has 0 aromatic heterocycles. The minimum absolute atomic E-state index is 0.118. The van der Waals surface area contributed by atoms with Crippen LogP contribution in [0, 0.1) is 0 Å². The maximum Gasteiger partial charge on any atom is 0.610 e. The average Bonchev–Trinajstić information content (AvgIpc) is 2.33. The summed E-state index contributed by atoms with van der Waals surface area (Å²) in [6.45, 7) is 0.513. The molecule has 9 heavy (non-hydrogen) atoms. The Hall–Kier alpha value is -0.903. The molecule has 0 unspecified atom stereocenters. The Balaban J connectivity index is 2.28. The van der Waals surface area contributed by atoms with Crippen LogP contribution in [0.3, 0.4) is 0 Å². The second kappa shape index (κ2) is 1.80. The van der Waals surface area contributed by atoms with Crippen molar-refractivity contribution in [3.63, 3.8) is 0 Å². The van der Waals surface area contributed by atoms with Gasteiger partial charge in [-0.1, -0.05) is 0 Å². The Bertz CT molecular complexity index is 185. The number of rotatable bonds is 0. The molecule has 0 bridgehead atoms. The van der Waals surface area contributed by atoms with E-state index < -0.39 is 0 Å². The van der Waals surface area contributed by atoms with Gasteiger partial charge in [0.15, 0.2) is 5.76 Å². The molecule has 0 atom stereocenters. The third-order valence-corrected chi connectivity index (χ3v) is 1.75. The van der Waals surface area contributed by atoms with Gasteiger partial charge < -0.3 is 13.6 Å². The quantitative estimate of drug-likeness (QED) is 0.454. The molecule has 2 rings (SSSR count). The van der Waals surface area contributed by atoms with Crippen LogP contribution < -0.4 is 0 Å². The third-order valence-electron chi connectivity index (χ3n) is 1.12. The maximum absolute atomic E-state index is 5.08. The Morgan fingerprint density at radius 2 is 2.44 bits per heavy atom. The number of allylic oxidation sites excluding steroid dienone is 1. The van der Waals surface area contributed by atoms with Crippen LogP contribution in [0.1, 0.15) is 0 Å². The van der Waals surface area contributed by atoms with E-state index >= 15 is 0 Å². The van der Waals surface area contributed by atoms with Gasteiger partial charge in [-0.3, -0.25) is 0 Å². The van der Waals surface area contributed by atoms with Crippen LogP contribution in [-0.4, -0.2) is 16.6 Å². The molecule has 0 aromatic rings. The molecular formula is C5H4O3Si. The Kier molecular flexibility index (Phi) is 0.987. The normalized spacial score (nSPS) is 22.2. The molecule has 0 spiro atoms. The molecule has 3 nitrogen and oxygen atoms in total. The topological polar surface area (TPSA) is 27.7 Å². The molecule has 0 fully saturated rings. The van der Waals surface area contributed by atoms with Gasteiger partial charge >= 0.3 is 10.0 Å². The van der Waals surface area contributed by atoms with E-state index in [1.807, 2.05) is 0 Å². The van der Waals surface area contributed by atoms with Crippen LogP contribution in [0.5, 0.6) is 0 Å². The number of hydrogen-bond acceptors (Lipinski definition) is 3. The predicted molar refractivity (Wildman–Crippen MR) is 30.0 cm³/mol. The van der Waals surface area contributed by atoms with E-state index in [1.165, 1.54) is 0 Å². The molecule has 2 radical (unpaired) electrons. The lowest BCUT2D eigenvalue weighted by molar-refractivity contribution is 0.230. The van der Waals surface area contributed by atoms with Crippen molar-refractivity contribution in [1.82, 2.24) is 0 Å². The van der Waals surface area contributed by atoms with Crippen LogP contribution in [0.25, 0.3) is 0 Å². The van der Waals surface area contributed by atoms with Crippen molar-refractivity contribution in [2.45, 2.75) is 0 Å². The summed E-state index contributed by atoms with van der Waals surface area (Å²) in [5.74, 6) is 1.63. The zero-order valence-corrected chi connectivity index (χ0v) is 5.59. The monoisotopic (exact) mass is 140 g/mol. The lowest BCUT2D eigenvalue weighted by atomic mass is 10.4. The van der Waals surface area contributed by atoms with Crippen molar-refractivity contribution in [3.8, 4) is 0 Å². The molecule has 0 N–H and O–H groups in total. The molecule has 2 heterocycles. The number of ether oxygens (including phenoxy) is 1. The van der Waals surface area contributed by atoms with Crippen molar-refractivity contribution in [1.29, 1.82) is 0 Å². The van der Waals surface area contributed by atoms with Gasteiger partial charge in [0.1, 0.15) is 12.4 Å². The minimum atomic E-state index is 0.118. The van der Waals surface area contributed by atoms with E-state index in [9.17, 15) is 0 Å². The van der Waals surface area contributed by atoms with E-state index in [1.54, 1.807) is 12.3 Å². The molecular weight excluding hydrogens is 136 g/mol.